The van der Waals surface area contributed by atoms with Crippen molar-refractivity contribution < 1.29 is 0 Å². The van der Waals surface area contributed by atoms with Gasteiger partial charge in [0.1, 0.15) is 0 Å². The minimum atomic E-state index is 0.425. The maximum absolute atomic E-state index is 3.77. The minimum absolute atomic E-state index is 0.425. The summed E-state index contributed by atoms with van der Waals surface area (Å²) in [6.45, 7) is 4.31. The molecule has 1 saturated carbocycles. The van der Waals surface area contributed by atoms with Gasteiger partial charge in [0.05, 0.1) is 11.7 Å². The fourth-order valence-corrected chi connectivity index (χ4v) is 3.61. The molecule has 0 amide bonds. The van der Waals surface area contributed by atoms with Crippen molar-refractivity contribution in [3.63, 3.8) is 0 Å². The summed E-state index contributed by atoms with van der Waals surface area (Å²) >= 11 is 3.71. The van der Waals surface area contributed by atoms with Crippen LogP contribution in [0.1, 0.15) is 35.6 Å². The highest BCUT2D eigenvalue weighted by Gasteiger charge is 2.32. The number of hydrogen-bond donors (Lipinski definition) is 1. The Morgan fingerprint density at radius 2 is 1.80 bits per heavy atom. The Morgan fingerprint density at radius 3 is 2.40 bits per heavy atom. The van der Waals surface area contributed by atoms with E-state index < -0.39 is 0 Å². The van der Waals surface area contributed by atoms with Crippen molar-refractivity contribution in [3.05, 3.63) is 63.6 Å². The molecule has 20 heavy (non-hydrogen) atoms. The molecule has 3 rings (SSSR count). The molecule has 1 unspecified atom stereocenters. The summed E-state index contributed by atoms with van der Waals surface area (Å²) in [5.74, 6) is 0.769. The van der Waals surface area contributed by atoms with E-state index in [-0.39, 0.29) is 0 Å². The molecule has 0 aliphatic heterocycles. The lowest BCUT2D eigenvalue weighted by Gasteiger charge is -2.23. The Bertz CT molecular complexity index is 579. The molecule has 1 atom stereocenters. The summed E-state index contributed by atoms with van der Waals surface area (Å²) in [6.07, 6.45) is 2.66. The SMILES string of the molecule is Cc1cc(C)c(NC(c2ccccc2)C2CC2)c(Br)c1. The third kappa shape index (κ3) is 2.90. The number of hydrogen-bond acceptors (Lipinski definition) is 1. The van der Waals surface area contributed by atoms with Crippen LogP contribution in [0.4, 0.5) is 5.69 Å². The molecule has 0 radical (unpaired) electrons. The van der Waals surface area contributed by atoms with Gasteiger partial charge in [-0.1, -0.05) is 36.4 Å². The second kappa shape index (κ2) is 5.61. The van der Waals surface area contributed by atoms with Crippen LogP contribution in [0.2, 0.25) is 0 Å². The van der Waals surface area contributed by atoms with Gasteiger partial charge >= 0.3 is 0 Å². The van der Waals surface area contributed by atoms with Gasteiger partial charge in [0, 0.05) is 4.47 Å². The van der Waals surface area contributed by atoms with Crippen molar-refractivity contribution in [3.8, 4) is 0 Å². The number of nitrogens with one attached hydrogen (secondary N) is 1. The summed E-state index contributed by atoms with van der Waals surface area (Å²) < 4.78 is 1.16. The quantitative estimate of drug-likeness (QED) is 0.766. The molecule has 0 spiro atoms. The molecule has 1 aliphatic rings. The lowest BCUT2D eigenvalue weighted by Crippen LogP contribution is -2.14. The van der Waals surface area contributed by atoms with Gasteiger partial charge in [-0.2, -0.15) is 0 Å². The maximum atomic E-state index is 3.77. The molecule has 1 nitrogen and oxygen atoms in total. The van der Waals surface area contributed by atoms with E-state index in [1.54, 1.807) is 0 Å². The zero-order valence-electron chi connectivity index (χ0n) is 12.0. The van der Waals surface area contributed by atoms with Gasteiger partial charge in [0.2, 0.25) is 0 Å². The first kappa shape index (κ1) is 13.7. The first-order chi connectivity index (χ1) is 9.65. The van der Waals surface area contributed by atoms with Gasteiger partial charge in [0.15, 0.2) is 0 Å². The molecule has 104 valence electrons. The third-order valence-electron chi connectivity index (χ3n) is 3.98. The number of aryl methyl sites for hydroxylation is 2. The highest BCUT2D eigenvalue weighted by atomic mass is 79.9. The largest absolute Gasteiger partial charge is 0.377 e. The van der Waals surface area contributed by atoms with Gasteiger partial charge in [-0.15, -0.1) is 0 Å². The van der Waals surface area contributed by atoms with Crippen molar-refractivity contribution in [1.82, 2.24) is 0 Å². The molecule has 0 heterocycles. The molecule has 2 aromatic carbocycles. The normalized spacial score (nSPS) is 15.9. The monoisotopic (exact) mass is 329 g/mol. The Labute approximate surface area is 129 Å². The summed E-state index contributed by atoms with van der Waals surface area (Å²) in [5, 5.41) is 3.77. The second-order valence-corrected chi connectivity index (χ2v) is 6.66. The summed E-state index contributed by atoms with van der Waals surface area (Å²) in [4.78, 5) is 0. The first-order valence-electron chi connectivity index (χ1n) is 7.23. The van der Waals surface area contributed by atoms with E-state index in [0.29, 0.717) is 6.04 Å². The zero-order chi connectivity index (χ0) is 14.1. The van der Waals surface area contributed by atoms with Gasteiger partial charge in [-0.3, -0.25) is 0 Å². The smallest absolute Gasteiger partial charge is 0.0542 e. The minimum Gasteiger partial charge on any atom is -0.377 e. The van der Waals surface area contributed by atoms with Gasteiger partial charge < -0.3 is 5.32 Å². The Balaban J connectivity index is 1.92. The molecule has 2 heteroatoms. The van der Waals surface area contributed by atoms with Crippen LogP contribution in [0.3, 0.4) is 0 Å². The molecule has 1 N–H and O–H groups in total. The lowest BCUT2D eigenvalue weighted by molar-refractivity contribution is 0.678. The molecule has 1 aliphatic carbocycles. The van der Waals surface area contributed by atoms with E-state index in [1.807, 2.05) is 0 Å². The van der Waals surface area contributed by atoms with Crippen molar-refractivity contribution in [1.29, 1.82) is 0 Å². The highest BCUT2D eigenvalue weighted by Crippen LogP contribution is 2.44. The average Bonchev–Trinajstić information content (AvgIpc) is 3.23. The van der Waals surface area contributed by atoms with E-state index in [9.17, 15) is 0 Å². The van der Waals surface area contributed by atoms with E-state index >= 15 is 0 Å². The van der Waals surface area contributed by atoms with E-state index in [2.05, 4.69) is 77.6 Å². The van der Waals surface area contributed by atoms with Gasteiger partial charge in [-0.25, -0.2) is 0 Å². The first-order valence-corrected chi connectivity index (χ1v) is 8.02. The van der Waals surface area contributed by atoms with E-state index in [4.69, 9.17) is 0 Å². The maximum Gasteiger partial charge on any atom is 0.0542 e. The number of halogens is 1. The molecule has 0 saturated heterocycles. The molecular weight excluding hydrogens is 310 g/mol. The molecular formula is C18H20BrN. The van der Waals surface area contributed by atoms with Crippen LogP contribution in [0.15, 0.2) is 46.9 Å². The molecule has 2 aromatic rings. The zero-order valence-corrected chi connectivity index (χ0v) is 13.6. The number of anilines is 1. The average molecular weight is 330 g/mol. The van der Waals surface area contributed by atoms with Gasteiger partial charge in [0.25, 0.3) is 0 Å². The summed E-state index contributed by atoms with van der Waals surface area (Å²) in [5.41, 5.74) is 5.22. The van der Waals surface area contributed by atoms with Crippen LogP contribution in [-0.4, -0.2) is 0 Å². The fourth-order valence-electron chi connectivity index (χ4n) is 2.82. The van der Waals surface area contributed by atoms with E-state index in [1.165, 1.54) is 35.2 Å². The van der Waals surface area contributed by atoms with Crippen molar-refractivity contribution in [2.45, 2.75) is 32.7 Å². The van der Waals surface area contributed by atoms with Crippen LogP contribution in [0, 0.1) is 19.8 Å². The van der Waals surface area contributed by atoms with Crippen molar-refractivity contribution >= 4 is 21.6 Å². The van der Waals surface area contributed by atoms with Crippen LogP contribution >= 0.6 is 15.9 Å². The Kier molecular flexibility index (Phi) is 3.84. The van der Waals surface area contributed by atoms with Crippen molar-refractivity contribution in [2.75, 3.05) is 5.32 Å². The number of rotatable bonds is 4. The molecule has 0 aromatic heterocycles. The molecule has 0 bridgehead atoms. The van der Waals surface area contributed by atoms with Crippen LogP contribution in [0.25, 0.3) is 0 Å². The predicted molar refractivity (Wildman–Crippen MR) is 89.1 cm³/mol. The summed E-state index contributed by atoms with van der Waals surface area (Å²) in [7, 11) is 0. The standard InChI is InChI=1S/C18H20BrN/c1-12-10-13(2)17(16(19)11-12)20-18(15-8-9-15)14-6-4-3-5-7-14/h3-7,10-11,15,18,20H,8-9H2,1-2H3. The highest BCUT2D eigenvalue weighted by molar-refractivity contribution is 9.10. The Morgan fingerprint density at radius 1 is 1.10 bits per heavy atom. The third-order valence-corrected chi connectivity index (χ3v) is 4.61. The van der Waals surface area contributed by atoms with Crippen LogP contribution in [0.5, 0.6) is 0 Å². The summed E-state index contributed by atoms with van der Waals surface area (Å²) in [6, 6.07) is 15.6. The fraction of sp³-hybridized carbons (Fsp3) is 0.333. The predicted octanol–water partition coefficient (Wildman–Crippen LogP) is 5.63. The topological polar surface area (TPSA) is 12.0 Å². The second-order valence-electron chi connectivity index (χ2n) is 5.81. The van der Waals surface area contributed by atoms with Crippen LogP contribution < -0.4 is 5.32 Å². The van der Waals surface area contributed by atoms with E-state index in [0.717, 1.165) is 10.4 Å². The van der Waals surface area contributed by atoms with Gasteiger partial charge in [-0.05, 0) is 71.3 Å². The number of benzene rings is 2. The van der Waals surface area contributed by atoms with Crippen molar-refractivity contribution in [2.24, 2.45) is 5.92 Å². The van der Waals surface area contributed by atoms with Crippen LogP contribution in [-0.2, 0) is 0 Å². The molecule has 1 fully saturated rings. The Hall–Kier alpha value is -1.28. The lowest BCUT2D eigenvalue weighted by atomic mass is 10.0.